The number of aliphatic carboxylic acids is 1. The van der Waals surface area contributed by atoms with Crippen LogP contribution in [0, 0.1) is 12.8 Å². The topological polar surface area (TPSA) is 69.6 Å². The summed E-state index contributed by atoms with van der Waals surface area (Å²) in [5.74, 6) is -0.165. The average molecular weight is 395 g/mol. The van der Waals surface area contributed by atoms with E-state index in [4.69, 9.17) is 5.11 Å². The first-order chi connectivity index (χ1) is 11.4. The maximum Gasteiger partial charge on any atom is 0.317 e. The van der Waals surface area contributed by atoms with Gasteiger partial charge in [0.1, 0.15) is 0 Å². The lowest BCUT2D eigenvalue weighted by Crippen LogP contribution is -2.55. The summed E-state index contributed by atoms with van der Waals surface area (Å²) in [6, 6.07) is 6.00. The molecular formula is C18H23BrN2O3. The fourth-order valence-corrected chi connectivity index (χ4v) is 3.53. The summed E-state index contributed by atoms with van der Waals surface area (Å²) in [6.45, 7) is 2.97. The Morgan fingerprint density at radius 2 is 2.04 bits per heavy atom. The van der Waals surface area contributed by atoms with Crippen molar-refractivity contribution in [3.63, 3.8) is 0 Å². The molecule has 0 saturated heterocycles. The highest BCUT2D eigenvalue weighted by atomic mass is 79.9. The first-order valence-electron chi connectivity index (χ1n) is 8.45. The molecule has 1 aromatic carbocycles. The van der Waals surface area contributed by atoms with Crippen molar-refractivity contribution in [1.29, 1.82) is 0 Å². The van der Waals surface area contributed by atoms with Gasteiger partial charge < -0.3 is 10.4 Å². The minimum Gasteiger partial charge on any atom is -0.480 e. The van der Waals surface area contributed by atoms with E-state index >= 15 is 0 Å². The normalized spacial score (nSPS) is 23.0. The lowest BCUT2D eigenvalue weighted by Gasteiger charge is -2.42. The molecule has 5 nitrogen and oxygen atoms in total. The number of aryl methyl sites for hydroxylation is 1. The first-order valence-corrected chi connectivity index (χ1v) is 9.24. The van der Waals surface area contributed by atoms with Gasteiger partial charge >= 0.3 is 5.97 Å². The van der Waals surface area contributed by atoms with Gasteiger partial charge in [0.05, 0.1) is 6.54 Å². The molecule has 130 valence electrons. The van der Waals surface area contributed by atoms with E-state index in [0.29, 0.717) is 11.5 Å². The molecule has 0 aromatic heterocycles. The van der Waals surface area contributed by atoms with Crippen molar-refractivity contribution in [2.24, 2.45) is 5.92 Å². The Morgan fingerprint density at radius 1 is 1.33 bits per heavy atom. The second-order valence-corrected chi connectivity index (χ2v) is 7.88. The van der Waals surface area contributed by atoms with Crippen LogP contribution in [0.2, 0.25) is 0 Å². The van der Waals surface area contributed by atoms with Crippen LogP contribution >= 0.6 is 15.9 Å². The van der Waals surface area contributed by atoms with E-state index in [1.807, 2.05) is 25.1 Å². The van der Waals surface area contributed by atoms with E-state index in [2.05, 4.69) is 26.1 Å². The summed E-state index contributed by atoms with van der Waals surface area (Å²) in [5, 5.41) is 12.1. The Bertz CT molecular complexity index is 639. The summed E-state index contributed by atoms with van der Waals surface area (Å²) < 4.78 is 0.929. The Hall–Kier alpha value is -1.40. The van der Waals surface area contributed by atoms with E-state index in [-0.39, 0.29) is 24.5 Å². The molecule has 0 heterocycles. The van der Waals surface area contributed by atoms with Crippen LogP contribution in [-0.2, 0) is 4.79 Å². The zero-order valence-corrected chi connectivity index (χ0v) is 15.4. The Kier molecular flexibility index (Phi) is 5.25. The molecule has 2 aliphatic rings. The summed E-state index contributed by atoms with van der Waals surface area (Å²) in [4.78, 5) is 25.4. The number of nitrogens with one attached hydrogen (secondary N) is 1. The van der Waals surface area contributed by atoms with E-state index in [1.54, 1.807) is 0 Å². The maximum absolute atomic E-state index is 12.3. The molecule has 0 bridgehead atoms. The lowest BCUT2D eigenvalue weighted by atomic mass is 9.85. The SMILES string of the molecule is Cc1ccc(C(=O)NC2CC(N(CC(=O)O)CC3CC3)C2)cc1Br. The van der Waals surface area contributed by atoms with Crippen LogP contribution < -0.4 is 5.32 Å². The number of benzene rings is 1. The third-order valence-electron chi connectivity index (χ3n) is 4.93. The van der Waals surface area contributed by atoms with Gasteiger partial charge in [-0.3, -0.25) is 14.5 Å². The second-order valence-electron chi connectivity index (χ2n) is 7.03. The predicted molar refractivity (Wildman–Crippen MR) is 95.1 cm³/mol. The molecular weight excluding hydrogens is 372 g/mol. The fourth-order valence-electron chi connectivity index (χ4n) is 3.16. The van der Waals surface area contributed by atoms with Gasteiger partial charge in [0.25, 0.3) is 5.91 Å². The smallest absolute Gasteiger partial charge is 0.317 e. The number of carbonyl (C=O) groups excluding carboxylic acids is 1. The molecule has 6 heteroatoms. The van der Waals surface area contributed by atoms with Crippen LogP contribution in [0.15, 0.2) is 22.7 Å². The van der Waals surface area contributed by atoms with E-state index in [0.717, 1.165) is 29.4 Å². The molecule has 3 rings (SSSR count). The van der Waals surface area contributed by atoms with Crippen molar-refractivity contribution >= 4 is 27.8 Å². The number of hydrogen-bond acceptors (Lipinski definition) is 3. The Balaban J connectivity index is 1.50. The third kappa shape index (κ3) is 4.36. The maximum atomic E-state index is 12.3. The predicted octanol–water partition coefficient (Wildman–Crippen LogP) is 2.81. The molecule has 2 saturated carbocycles. The largest absolute Gasteiger partial charge is 0.480 e. The molecule has 0 unspecified atom stereocenters. The van der Waals surface area contributed by atoms with Gasteiger partial charge in [0, 0.05) is 28.7 Å². The third-order valence-corrected chi connectivity index (χ3v) is 5.78. The highest BCUT2D eigenvalue weighted by Crippen LogP contribution is 2.33. The van der Waals surface area contributed by atoms with Gasteiger partial charge in [-0.15, -0.1) is 0 Å². The first kappa shape index (κ1) is 17.4. The zero-order valence-electron chi connectivity index (χ0n) is 13.8. The summed E-state index contributed by atoms with van der Waals surface area (Å²) >= 11 is 3.45. The van der Waals surface area contributed by atoms with Crippen molar-refractivity contribution in [2.45, 2.75) is 44.7 Å². The molecule has 0 aliphatic heterocycles. The fraction of sp³-hybridized carbons (Fsp3) is 0.556. The van der Waals surface area contributed by atoms with Crippen LogP contribution in [0.1, 0.15) is 41.6 Å². The standard InChI is InChI=1S/C18H23BrN2O3/c1-11-2-5-13(6-16(11)19)18(24)20-14-7-15(8-14)21(10-17(22)23)9-12-3-4-12/h2,5-6,12,14-15H,3-4,7-10H2,1H3,(H,20,24)(H,22,23). The van der Waals surface area contributed by atoms with Gasteiger partial charge in [-0.1, -0.05) is 22.0 Å². The number of carboxylic acids is 1. The molecule has 2 fully saturated rings. The minimum atomic E-state index is -0.771. The number of amides is 1. The molecule has 0 atom stereocenters. The zero-order chi connectivity index (χ0) is 17.3. The van der Waals surface area contributed by atoms with Crippen molar-refractivity contribution < 1.29 is 14.7 Å². The van der Waals surface area contributed by atoms with Crippen molar-refractivity contribution in [2.75, 3.05) is 13.1 Å². The molecule has 2 aliphatic carbocycles. The van der Waals surface area contributed by atoms with Gasteiger partial charge in [0.2, 0.25) is 0 Å². The molecule has 0 radical (unpaired) electrons. The number of carboxylic acid groups (broad SMARTS) is 1. The minimum absolute atomic E-state index is 0.0638. The van der Waals surface area contributed by atoms with Gasteiger partial charge in [-0.05, 0) is 56.2 Å². The highest BCUT2D eigenvalue weighted by molar-refractivity contribution is 9.10. The molecule has 1 aromatic rings. The molecule has 1 amide bonds. The van der Waals surface area contributed by atoms with Crippen molar-refractivity contribution in [3.05, 3.63) is 33.8 Å². The average Bonchev–Trinajstić information content (AvgIpc) is 3.28. The van der Waals surface area contributed by atoms with Crippen molar-refractivity contribution in [3.8, 4) is 0 Å². The van der Waals surface area contributed by atoms with Gasteiger partial charge in [-0.25, -0.2) is 0 Å². The van der Waals surface area contributed by atoms with Crippen LogP contribution in [-0.4, -0.2) is 47.1 Å². The van der Waals surface area contributed by atoms with Gasteiger partial charge in [-0.2, -0.15) is 0 Å². The molecule has 0 spiro atoms. The lowest BCUT2D eigenvalue weighted by molar-refractivity contribution is -0.139. The number of hydrogen-bond donors (Lipinski definition) is 2. The van der Waals surface area contributed by atoms with Crippen LogP contribution in [0.25, 0.3) is 0 Å². The number of halogens is 1. The summed E-state index contributed by atoms with van der Waals surface area (Å²) in [7, 11) is 0. The summed E-state index contributed by atoms with van der Waals surface area (Å²) in [5.41, 5.74) is 1.75. The van der Waals surface area contributed by atoms with Crippen LogP contribution in [0.3, 0.4) is 0 Å². The van der Waals surface area contributed by atoms with Gasteiger partial charge in [0.15, 0.2) is 0 Å². The number of nitrogens with zero attached hydrogens (tertiary/aromatic N) is 1. The Morgan fingerprint density at radius 3 is 2.62 bits per heavy atom. The van der Waals surface area contributed by atoms with Crippen LogP contribution in [0.5, 0.6) is 0 Å². The molecule has 2 N–H and O–H groups in total. The monoisotopic (exact) mass is 394 g/mol. The van der Waals surface area contributed by atoms with Crippen molar-refractivity contribution in [1.82, 2.24) is 10.2 Å². The van der Waals surface area contributed by atoms with Crippen LogP contribution in [0.4, 0.5) is 0 Å². The van der Waals surface area contributed by atoms with E-state index in [1.165, 1.54) is 12.8 Å². The quantitative estimate of drug-likeness (QED) is 0.745. The van der Waals surface area contributed by atoms with E-state index in [9.17, 15) is 9.59 Å². The van der Waals surface area contributed by atoms with E-state index < -0.39 is 5.97 Å². The summed E-state index contributed by atoms with van der Waals surface area (Å²) in [6.07, 6.45) is 4.09. The molecule has 24 heavy (non-hydrogen) atoms. The Labute approximate surface area is 150 Å². The second kappa shape index (κ2) is 7.23. The highest BCUT2D eigenvalue weighted by Gasteiger charge is 2.37. The number of carbonyl (C=O) groups is 2. The number of rotatable bonds is 7.